The van der Waals surface area contributed by atoms with Crippen molar-refractivity contribution in [3.05, 3.63) is 35.4 Å². The van der Waals surface area contributed by atoms with Gasteiger partial charge in [0, 0.05) is 18.2 Å². The summed E-state index contributed by atoms with van der Waals surface area (Å²) in [6, 6.07) is 7.25. The number of fused-ring (bicyclic) bond motifs is 1. The van der Waals surface area contributed by atoms with Crippen LogP contribution in [0.15, 0.2) is 24.3 Å². The van der Waals surface area contributed by atoms with Crippen LogP contribution in [0.25, 0.3) is 0 Å². The number of carboxylic acid groups (broad SMARTS) is 1. The van der Waals surface area contributed by atoms with E-state index in [0.29, 0.717) is 12.1 Å². The molecule has 1 heterocycles. The molecule has 0 saturated heterocycles. The zero-order chi connectivity index (χ0) is 12.4. The molecule has 4 nitrogen and oxygen atoms in total. The van der Waals surface area contributed by atoms with E-state index in [-0.39, 0.29) is 18.4 Å². The molecule has 17 heavy (non-hydrogen) atoms. The van der Waals surface area contributed by atoms with Crippen LogP contribution in [-0.4, -0.2) is 34.5 Å². The van der Waals surface area contributed by atoms with Crippen LogP contribution in [-0.2, 0) is 11.2 Å². The number of amides is 1. The first-order chi connectivity index (χ1) is 8.09. The third kappa shape index (κ3) is 2.30. The number of benzene rings is 1. The van der Waals surface area contributed by atoms with Gasteiger partial charge in [0.15, 0.2) is 0 Å². The fourth-order valence-corrected chi connectivity index (χ4v) is 2.23. The number of carbonyl (C=O) groups is 2. The van der Waals surface area contributed by atoms with Crippen LogP contribution in [0.2, 0.25) is 0 Å². The molecular weight excluding hydrogens is 218 g/mol. The van der Waals surface area contributed by atoms with Crippen LogP contribution in [0, 0.1) is 0 Å². The lowest BCUT2D eigenvalue weighted by molar-refractivity contribution is -0.138. The molecule has 1 unspecified atom stereocenters. The number of nitrogens with zero attached hydrogens (tertiary/aromatic N) is 1. The third-order valence-electron chi connectivity index (χ3n) is 3.13. The fraction of sp³-hybridized carbons (Fsp3) is 0.385. The molecular formula is C13H15NO3. The van der Waals surface area contributed by atoms with Gasteiger partial charge in [-0.25, -0.2) is 0 Å². The van der Waals surface area contributed by atoms with Gasteiger partial charge in [0.25, 0.3) is 5.91 Å². The molecule has 1 N–H and O–H groups in total. The Kier molecular flexibility index (Phi) is 3.13. The highest BCUT2D eigenvalue weighted by atomic mass is 16.4. The summed E-state index contributed by atoms with van der Waals surface area (Å²) in [6.07, 6.45) is 0.791. The first-order valence-electron chi connectivity index (χ1n) is 5.70. The maximum absolute atomic E-state index is 12.2. The van der Waals surface area contributed by atoms with Crippen molar-refractivity contribution < 1.29 is 14.7 Å². The summed E-state index contributed by atoms with van der Waals surface area (Å²) in [5.41, 5.74) is 1.76. The summed E-state index contributed by atoms with van der Waals surface area (Å²) in [5, 5.41) is 8.76. The molecule has 0 bridgehead atoms. The lowest BCUT2D eigenvalue weighted by Crippen LogP contribution is -2.44. The molecule has 1 amide bonds. The minimum absolute atomic E-state index is 0.00604. The van der Waals surface area contributed by atoms with E-state index in [1.54, 1.807) is 17.9 Å². The largest absolute Gasteiger partial charge is 0.481 e. The van der Waals surface area contributed by atoms with Crippen LogP contribution in [0.1, 0.15) is 29.3 Å². The fourth-order valence-electron chi connectivity index (χ4n) is 2.23. The van der Waals surface area contributed by atoms with Crippen molar-refractivity contribution in [1.82, 2.24) is 4.90 Å². The lowest BCUT2D eigenvalue weighted by Gasteiger charge is -2.32. The highest BCUT2D eigenvalue weighted by molar-refractivity contribution is 5.97. The Hall–Kier alpha value is -1.84. The average Bonchev–Trinajstić information content (AvgIpc) is 2.28. The Morgan fingerprint density at radius 3 is 2.88 bits per heavy atom. The minimum Gasteiger partial charge on any atom is -0.481 e. The molecule has 1 aromatic carbocycles. The van der Waals surface area contributed by atoms with Gasteiger partial charge in [-0.2, -0.15) is 0 Å². The summed E-state index contributed by atoms with van der Waals surface area (Å²) in [4.78, 5) is 24.5. The van der Waals surface area contributed by atoms with Gasteiger partial charge in [-0.15, -0.1) is 0 Å². The van der Waals surface area contributed by atoms with E-state index in [4.69, 9.17) is 5.11 Å². The summed E-state index contributed by atoms with van der Waals surface area (Å²) in [7, 11) is 0. The van der Waals surface area contributed by atoms with Crippen LogP contribution in [0.5, 0.6) is 0 Å². The van der Waals surface area contributed by atoms with E-state index in [2.05, 4.69) is 0 Å². The zero-order valence-electron chi connectivity index (χ0n) is 9.72. The second kappa shape index (κ2) is 4.57. The van der Waals surface area contributed by atoms with Crippen LogP contribution < -0.4 is 0 Å². The Morgan fingerprint density at radius 2 is 2.18 bits per heavy atom. The molecule has 1 aliphatic heterocycles. The quantitative estimate of drug-likeness (QED) is 0.861. The molecule has 0 fully saturated rings. The standard InChI is InChI=1S/C13H15NO3/c1-9(8-12(15)16)14-7-6-10-4-2-3-5-11(10)13(14)17/h2-5,9H,6-8H2,1H3,(H,15,16). The molecule has 1 aliphatic rings. The van der Waals surface area contributed by atoms with E-state index in [1.807, 2.05) is 18.2 Å². The summed E-state index contributed by atoms with van der Waals surface area (Å²) in [5.74, 6) is -0.926. The van der Waals surface area contributed by atoms with E-state index in [0.717, 1.165) is 12.0 Å². The predicted octanol–water partition coefficient (Wildman–Crippen LogP) is 1.55. The van der Waals surface area contributed by atoms with Gasteiger partial charge in [-0.3, -0.25) is 9.59 Å². The van der Waals surface area contributed by atoms with Gasteiger partial charge in [0.2, 0.25) is 0 Å². The number of aliphatic carboxylic acids is 1. The van der Waals surface area contributed by atoms with Gasteiger partial charge >= 0.3 is 5.97 Å². The van der Waals surface area contributed by atoms with Crippen molar-refractivity contribution in [3.63, 3.8) is 0 Å². The van der Waals surface area contributed by atoms with Gasteiger partial charge in [0.1, 0.15) is 0 Å². The first-order valence-corrected chi connectivity index (χ1v) is 5.70. The summed E-state index contributed by atoms with van der Waals surface area (Å²) in [6.45, 7) is 2.38. The molecule has 0 aliphatic carbocycles. The predicted molar refractivity (Wildman–Crippen MR) is 62.9 cm³/mol. The number of hydrogen-bond acceptors (Lipinski definition) is 2. The van der Waals surface area contributed by atoms with Crippen molar-refractivity contribution in [3.8, 4) is 0 Å². The number of carbonyl (C=O) groups excluding carboxylic acids is 1. The number of carboxylic acids is 1. The van der Waals surface area contributed by atoms with Gasteiger partial charge in [-0.1, -0.05) is 18.2 Å². The zero-order valence-corrected chi connectivity index (χ0v) is 9.72. The van der Waals surface area contributed by atoms with Gasteiger partial charge in [-0.05, 0) is 25.0 Å². The van der Waals surface area contributed by atoms with Crippen LogP contribution in [0.4, 0.5) is 0 Å². The maximum Gasteiger partial charge on any atom is 0.305 e. The molecule has 1 atom stereocenters. The summed E-state index contributed by atoms with van der Waals surface area (Å²) < 4.78 is 0. The van der Waals surface area contributed by atoms with Crippen LogP contribution in [0.3, 0.4) is 0 Å². The highest BCUT2D eigenvalue weighted by Gasteiger charge is 2.28. The normalized spacial score (nSPS) is 16.5. The third-order valence-corrected chi connectivity index (χ3v) is 3.13. The lowest BCUT2D eigenvalue weighted by atomic mass is 9.97. The molecule has 0 radical (unpaired) electrons. The SMILES string of the molecule is CC(CC(=O)O)N1CCc2ccccc2C1=O. The molecule has 4 heteroatoms. The summed E-state index contributed by atoms with van der Waals surface area (Å²) >= 11 is 0. The minimum atomic E-state index is -0.871. The molecule has 90 valence electrons. The molecule has 1 aromatic rings. The van der Waals surface area contributed by atoms with Crippen molar-refractivity contribution in [2.24, 2.45) is 0 Å². The Labute approximate surface area is 99.9 Å². The Bertz CT molecular complexity index is 456. The van der Waals surface area contributed by atoms with Crippen LogP contribution >= 0.6 is 0 Å². The van der Waals surface area contributed by atoms with Crippen molar-refractivity contribution in [1.29, 1.82) is 0 Å². The van der Waals surface area contributed by atoms with E-state index in [1.165, 1.54) is 0 Å². The number of rotatable bonds is 3. The Balaban J connectivity index is 2.20. The van der Waals surface area contributed by atoms with Gasteiger partial charge < -0.3 is 10.0 Å². The molecule has 0 saturated carbocycles. The topological polar surface area (TPSA) is 57.6 Å². The Morgan fingerprint density at radius 1 is 1.47 bits per heavy atom. The number of hydrogen-bond donors (Lipinski definition) is 1. The first kappa shape index (κ1) is 11.6. The van der Waals surface area contributed by atoms with Crippen molar-refractivity contribution in [2.45, 2.75) is 25.8 Å². The molecule has 0 spiro atoms. The van der Waals surface area contributed by atoms with E-state index < -0.39 is 5.97 Å². The highest BCUT2D eigenvalue weighted by Crippen LogP contribution is 2.21. The van der Waals surface area contributed by atoms with Gasteiger partial charge in [0.05, 0.1) is 6.42 Å². The smallest absolute Gasteiger partial charge is 0.305 e. The maximum atomic E-state index is 12.2. The van der Waals surface area contributed by atoms with E-state index in [9.17, 15) is 9.59 Å². The average molecular weight is 233 g/mol. The monoisotopic (exact) mass is 233 g/mol. The second-order valence-electron chi connectivity index (χ2n) is 4.35. The van der Waals surface area contributed by atoms with E-state index >= 15 is 0 Å². The van der Waals surface area contributed by atoms with Crippen molar-refractivity contribution in [2.75, 3.05) is 6.54 Å². The molecule has 0 aromatic heterocycles. The molecule has 2 rings (SSSR count). The second-order valence-corrected chi connectivity index (χ2v) is 4.35. The van der Waals surface area contributed by atoms with Crippen molar-refractivity contribution >= 4 is 11.9 Å².